The van der Waals surface area contributed by atoms with E-state index in [9.17, 15) is 4.79 Å². The zero-order valence-corrected chi connectivity index (χ0v) is 10.9. The molecule has 0 heterocycles. The molecule has 2 rings (SSSR count). The maximum atomic E-state index is 11.8. The van der Waals surface area contributed by atoms with E-state index in [2.05, 4.69) is 5.32 Å². The SMILES string of the molecule is CCOC(=O)[C@@H]1CCC[C@@H]1NC1CCCCC1. The van der Waals surface area contributed by atoms with Crippen molar-refractivity contribution >= 4 is 5.97 Å². The van der Waals surface area contributed by atoms with E-state index in [1.54, 1.807) is 0 Å². The molecule has 2 aliphatic rings. The van der Waals surface area contributed by atoms with Gasteiger partial charge in [0.2, 0.25) is 0 Å². The predicted octanol–water partition coefficient (Wildman–Crippen LogP) is 2.64. The second kappa shape index (κ2) is 6.39. The Morgan fingerprint density at radius 1 is 1.12 bits per heavy atom. The zero-order chi connectivity index (χ0) is 12.1. The van der Waals surface area contributed by atoms with Crippen molar-refractivity contribution in [2.45, 2.75) is 70.4 Å². The minimum atomic E-state index is 0.0123. The molecule has 2 saturated carbocycles. The van der Waals surface area contributed by atoms with Crippen molar-refractivity contribution in [2.75, 3.05) is 6.61 Å². The van der Waals surface area contributed by atoms with Crippen molar-refractivity contribution in [3.63, 3.8) is 0 Å². The first kappa shape index (κ1) is 12.9. The van der Waals surface area contributed by atoms with Crippen molar-refractivity contribution < 1.29 is 9.53 Å². The summed E-state index contributed by atoms with van der Waals surface area (Å²) in [6.45, 7) is 2.39. The molecule has 2 aliphatic carbocycles. The maximum absolute atomic E-state index is 11.8. The minimum absolute atomic E-state index is 0.0123. The highest BCUT2D eigenvalue weighted by molar-refractivity contribution is 5.73. The van der Waals surface area contributed by atoms with Crippen LogP contribution < -0.4 is 5.32 Å². The summed E-state index contributed by atoms with van der Waals surface area (Å²) in [6, 6.07) is 1.01. The van der Waals surface area contributed by atoms with Crippen molar-refractivity contribution in [1.82, 2.24) is 5.32 Å². The van der Waals surface area contributed by atoms with Crippen molar-refractivity contribution in [3.05, 3.63) is 0 Å². The van der Waals surface area contributed by atoms with Gasteiger partial charge in [-0.1, -0.05) is 25.7 Å². The first-order valence-corrected chi connectivity index (χ1v) is 7.24. The van der Waals surface area contributed by atoms with E-state index < -0.39 is 0 Å². The van der Waals surface area contributed by atoms with Crippen molar-refractivity contribution in [1.29, 1.82) is 0 Å². The van der Waals surface area contributed by atoms with Gasteiger partial charge >= 0.3 is 5.97 Å². The van der Waals surface area contributed by atoms with E-state index in [1.165, 1.54) is 32.1 Å². The molecule has 17 heavy (non-hydrogen) atoms. The number of esters is 1. The van der Waals surface area contributed by atoms with Crippen LogP contribution in [0.4, 0.5) is 0 Å². The molecule has 0 aromatic carbocycles. The third-order valence-electron chi connectivity index (χ3n) is 4.16. The summed E-state index contributed by atoms with van der Waals surface area (Å²) in [6.07, 6.45) is 9.93. The van der Waals surface area contributed by atoms with Crippen LogP contribution >= 0.6 is 0 Å². The highest BCUT2D eigenvalue weighted by Crippen LogP contribution is 2.29. The van der Waals surface area contributed by atoms with E-state index in [-0.39, 0.29) is 11.9 Å². The van der Waals surface area contributed by atoms with Crippen LogP contribution in [0.2, 0.25) is 0 Å². The Morgan fingerprint density at radius 2 is 1.88 bits per heavy atom. The molecule has 0 aromatic heterocycles. The number of carbonyl (C=O) groups excluding carboxylic acids is 1. The standard InChI is InChI=1S/C14H25NO2/c1-2-17-14(16)12-9-6-10-13(12)15-11-7-4-3-5-8-11/h11-13,15H,2-10H2,1H3/t12-,13+/m1/s1. The second-order valence-electron chi connectivity index (χ2n) is 5.40. The van der Waals surface area contributed by atoms with Gasteiger partial charge in [-0.2, -0.15) is 0 Å². The molecule has 0 aliphatic heterocycles. The number of ether oxygens (including phenoxy) is 1. The molecule has 3 nitrogen and oxygen atoms in total. The third-order valence-corrected chi connectivity index (χ3v) is 4.16. The Hall–Kier alpha value is -0.570. The van der Waals surface area contributed by atoms with Crippen LogP contribution in [-0.4, -0.2) is 24.7 Å². The summed E-state index contributed by atoms with van der Waals surface area (Å²) >= 11 is 0. The molecule has 0 unspecified atom stereocenters. The minimum Gasteiger partial charge on any atom is -0.466 e. The lowest BCUT2D eigenvalue weighted by molar-refractivity contribution is -0.148. The number of hydrogen-bond donors (Lipinski definition) is 1. The van der Waals surface area contributed by atoms with E-state index in [1.807, 2.05) is 6.92 Å². The number of hydrogen-bond acceptors (Lipinski definition) is 3. The van der Waals surface area contributed by atoms with Gasteiger partial charge in [-0.05, 0) is 32.6 Å². The first-order valence-electron chi connectivity index (χ1n) is 7.24. The average Bonchev–Trinajstić information content (AvgIpc) is 2.79. The molecular formula is C14H25NO2. The first-order chi connectivity index (χ1) is 8.31. The Morgan fingerprint density at radius 3 is 2.59 bits per heavy atom. The highest BCUT2D eigenvalue weighted by Gasteiger charge is 2.35. The highest BCUT2D eigenvalue weighted by atomic mass is 16.5. The smallest absolute Gasteiger partial charge is 0.310 e. The predicted molar refractivity (Wildman–Crippen MR) is 67.8 cm³/mol. The number of carbonyl (C=O) groups is 1. The van der Waals surface area contributed by atoms with Crippen LogP contribution in [0.25, 0.3) is 0 Å². The molecule has 0 bridgehead atoms. The Bertz CT molecular complexity index is 249. The molecule has 2 atom stereocenters. The fourth-order valence-corrected chi connectivity index (χ4v) is 3.26. The quantitative estimate of drug-likeness (QED) is 0.766. The van der Waals surface area contributed by atoms with Crippen LogP contribution in [0.15, 0.2) is 0 Å². The van der Waals surface area contributed by atoms with Gasteiger partial charge in [-0.25, -0.2) is 0 Å². The van der Waals surface area contributed by atoms with Crippen LogP contribution in [0.1, 0.15) is 58.3 Å². The van der Waals surface area contributed by atoms with Gasteiger partial charge in [0.1, 0.15) is 0 Å². The maximum Gasteiger partial charge on any atom is 0.310 e. The molecule has 1 N–H and O–H groups in total. The van der Waals surface area contributed by atoms with E-state index in [0.717, 1.165) is 19.3 Å². The molecular weight excluding hydrogens is 214 g/mol. The van der Waals surface area contributed by atoms with Crippen LogP contribution in [0.5, 0.6) is 0 Å². The molecule has 0 aromatic rings. The molecule has 0 radical (unpaired) electrons. The largest absolute Gasteiger partial charge is 0.466 e. The number of nitrogens with one attached hydrogen (secondary N) is 1. The Labute approximate surface area is 104 Å². The molecule has 2 fully saturated rings. The van der Waals surface area contributed by atoms with Crippen LogP contribution in [0, 0.1) is 5.92 Å². The average molecular weight is 239 g/mol. The fourth-order valence-electron chi connectivity index (χ4n) is 3.26. The zero-order valence-electron chi connectivity index (χ0n) is 10.9. The number of rotatable bonds is 4. The summed E-state index contributed by atoms with van der Waals surface area (Å²) in [5.74, 6) is 0.121. The molecule has 3 heteroatoms. The second-order valence-corrected chi connectivity index (χ2v) is 5.40. The molecule has 98 valence electrons. The molecule has 0 spiro atoms. The summed E-state index contributed by atoms with van der Waals surface area (Å²) in [5, 5.41) is 3.71. The fraction of sp³-hybridized carbons (Fsp3) is 0.929. The Balaban J connectivity index is 1.83. The normalized spacial score (nSPS) is 30.4. The third kappa shape index (κ3) is 3.44. The molecule has 0 saturated heterocycles. The van der Waals surface area contributed by atoms with E-state index >= 15 is 0 Å². The van der Waals surface area contributed by atoms with Crippen LogP contribution in [-0.2, 0) is 9.53 Å². The van der Waals surface area contributed by atoms with Gasteiger partial charge in [-0.15, -0.1) is 0 Å². The van der Waals surface area contributed by atoms with Gasteiger partial charge in [-0.3, -0.25) is 4.79 Å². The lowest BCUT2D eigenvalue weighted by atomic mass is 9.93. The van der Waals surface area contributed by atoms with Crippen molar-refractivity contribution in [2.24, 2.45) is 5.92 Å². The summed E-state index contributed by atoms with van der Waals surface area (Å²) in [4.78, 5) is 11.8. The van der Waals surface area contributed by atoms with E-state index in [4.69, 9.17) is 4.74 Å². The summed E-state index contributed by atoms with van der Waals surface area (Å²) < 4.78 is 5.17. The van der Waals surface area contributed by atoms with Gasteiger partial charge in [0.05, 0.1) is 12.5 Å². The summed E-state index contributed by atoms with van der Waals surface area (Å²) in [5.41, 5.74) is 0. The monoisotopic (exact) mass is 239 g/mol. The van der Waals surface area contributed by atoms with E-state index in [0.29, 0.717) is 18.7 Å². The van der Waals surface area contributed by atoms with Gasteiger partial charge in [0, 0.05) is 12.1 Å². The van der Waals surface area contributed by atoms with Crippen molar-refractivity contribution in [3.8, 4) is 0 Å². The summed E-state index contributed by atoms with van der Waals surface area (Å²) in [7, 11) is 0. The Kier molecular flexibility index (Phi) is 4.84. The van der Waals surface area contributed by atoms with Gasteiger partial charge < -0.3 is 10.1 Å². The van der Waals surface area contributed by atoms with Gasteiger partial charge in [0.25, 0.3) is 0 Å². The lowest BCUT2D eigenvalue weighted by Gasteiger charge is -2.28. The van der Waals surface area contributed by atoms with Gasteiger partial charge in [0.15, 0.2) is 0 Å². The topological polar surface area (TPSA) is 38.3 Å². The lowest BCUT2D eigenvalue weighted by Crippen LogP contribution is -2.43. The molecule has 0 amide bonds. The van der Waals surface area contributed by atoms with Crippen LogP contribution in [0.3, 0.4) is 0 Å².